The largest absolute Gasteiger partial charge is 0.306 e. The maximum Gasteiger partial charge on any atom is 0.117 e. The number of aromatic nitrogens is 2. The molecule has 1 atom stereocenters. The summed E-state index contributed by atoms with van der Waals surface area (Å²) in [5.41, 5.74) is 1.17. The number of likely N-dealkylation sites (tertiary alicyclic amines) is 1. The van der Waals surface area contributed by atoms with E-state index in [9.17, 15) is 0 Å². The van der Waals surface area contributed by atoms with Crippen LogP contribution in [-0.4, -0.2) is 34.4 Å². The fourth-order valence-corrected chi connectivity index (χ4v) is 3.03. The molecule has 0 spiro atoms. The number of piperidine rings is 1. The summed E-state index contributed by atoms with van der Waals surface area (Å²) >= 11 is 3.50. The van der Waals surface area contributed by atoms with E-state index in [0.29, 0.717) is 5.92 Å². The van der Waals surface area contributed by atoms with E-state index in [1.165, 1.54) is 30.7 Å². The molecule has 1 saturated heterocycles. The van der Waals surface area contributed by atoms with Crippen molar-refractivity contribution in [3.05, 3.63) is 34.8 Å². The van der Waals surface area contributed by atoms with Crippen molar-refractivity contribution in [1.29, 1.82) is 0 Å². The van der Waals surface area contributed by atoms with Crippen molar-refractivity contribution in [3.63, 3.8) is 0 Å². The number of pyridine rings is 1. The molecule has 3 heterocycles. The Morgan fingerprint density at radius 1 is 1.47 bits per heavy atom. The lowest BCUT2D eigenvalue weighted by Crippen LogP contribution is -2.31. The fraction of sp³-hybridized carbons (Fsp3) is 0.462. The van der Waals surface area contributed by atoms with Gasteiger partial charge >= 0.3 is 0 Å². The molecule has 0 N–H and O–H groups in total. The number of hydrogen-bond acceptors (Lipinski definition) is 2. The second-order valence-corrected chi connectivity index (χ2v) is 5.77. The minimum atomic E-state index is 0.567. The van der Waals surface area contributed by atoms with E-state index in [4.69, 9.17) is 0 Å². The Bertz CT molecular complexity index is 534. The van der Waals surface area contributed by atoms with Crippen LogP contribution in [0.4, 0.5) is 0 Å². The first-order valence-electron chi connectivity index (χ1n) is 6.05. The lowest BCUT2D eigenvalue weighted by molar-refractivity contribution is 0.245. The number of imidazole rings is 1. The molecule has 2 aromatic rings. The van der Waals surface area contributed by atoms with Crippen LogP contribution >= 0.6 is 15.9 Å². The molecule has 1 unspecified atom stereocenters. The first-order valence-corrected chi connectivity index (χ1v) is 6.84. The molecule has 90 valence electrons. The van der Waals surface area contributed by atoms with Crippen molar-refractivity contribution in [1.82, 2.24) is 14.3 Å². The van der Waals surface area contributed by atoms with Crippen LogP contribution in [0.2, 0.25) is 0 Å². The van der Waals surface area contributed by atoms with Gasteiger partial charge in [-0.15, -0.1) is 0 Å². The molecule has 0 aliphatic carbocycles. The molecule has 2 aromatic heterocycles. The normalized spacial score (nSPS) is 22.1. The Kier molecular flexibility index (Phi) is 2.92. The van der Waals surface area contributed by atoms with Gasteiger partial charge in [-0.25, -0.2) is 4.98 Å². The molecule has 0 bridgehead atoms. The monoisotopic (exact) mass is 293 g/mol. The molecule has 1 aliphatic heterocycles. The molecule has 3 nitrogen and oxygen atoms in total. The van der Waals surface area contributed by atoms with Crippen molar-refractivity contribution in [2.45, 2.75) is 18.8 Å². The number of hydrogen-bond donors (Lipinski definition) is 0. The van der Waals surface area contributed by atoms with E-state index < -0.39 is 0 Å². The first-order chi connectivity index (χ1) is 8.24. The van der Waals surface area contributed by atoms with Gasteiger partial charge in [0.25, 0.3) is 0 Å². The second kappa shape index (κ2) is 4.42. The highest BCUT2D eigenvalue weighted by Crippen LogP contribution is 2.26. The Balaban J connectivity index is 1.99. The molecule has 1 aliphatic rings. The van der Waals surface area contributed by atoms with Gasteiger partial charge in [-0.1, -0.05) is 15.9 Å². The number of rotatable bonds is 1. The SMILES string of the molecule is CN1CCCC(c2ncc3cc(Br)ccn23)C1. The summed E-state index contributed by atoms with van der Waals surface area (Å²) in [6.07, 6.45) is 6.59. The summed E-state index contributed by atoms with van der Waals surface area (Å²) in [4.78, 5) is 7.01. The quantitative estimate of drug-likeness (QED) is 0.806. The van der Waals surface area contributed by atoms with Gasteiger partial charge in [-0.05, 0) is 38.6 Å². The summed E-state index contributed by atoms with van der Waals surface area (Å²) in [6, 6.07) is 4.19. The van der Waals surface area contributed by atoms with Crippen LogP contribution in [0.25, 0.3) is 5.52 Å². The van der Waals surface area contributed by atoms with Crippen molar-refractivity contribution in [2.24, 2.45) is 0 Å². The third-order valence-electron chi connectivity index (χ3n) is 3.51. The highest BCUT2D eigenvalue weighted by atomic mass is 79.9. The van der Waals surface area contributed by atoms with Gasteiger partial charge in [-0.3, -0.25) is 0 Å². The molecule has 0 aromatic carbocycles. The zero-order chi connectivity index (χ0) is 11.8. The van der Waals surface area contributed by atoms with E-state index in [1.54, 1.807) is 0 Å². The van der Waals surface area contributed by atoms with Crippen molar-refractivity contribution in [3.8, 4) is 0 Å². The van der Waals surface area contributed by atoms with Crippen molar-refractivity contribution >= 4 is 21.4 Å². The minimum absolute atomic E-state index is 0.567. The minimum Gasteiger partial charge on any atom is -0.306 e. The van der Waals surface area contributed by atoms with Gasteiger partial charge in [0, 0.05) is 23.1 Å². The van der Waals surface area contributed by atoms with Crippen LogP contribution in [0.1, 0.15) is 24.6 Å². The summed E-state index contributed by atoms with van der Waals surface area (Å²) in [6.45, 7) is 2.33. The average molecular weight is 294 g/mol. The van der Waals surface area contributed by atoms with Gasteiger partial charge in [0.15, 0.2) is 0 Å². The van der Waals surface area contributed by atoms with Crippen LogP contribution in [-0.2, 0) is 0 Å². The lowest BCUT2D eigenvalue weighted by Gasteiger charge is -2.28. The number of likely N-dealkylation sites (N-methyl/N-ethyl adjacent to an activating group) is 1. The number of halogens is 1. The maximum absolute atomic E-state index is 4.61. The van der Waals surface area contributed by atoms with Crippen molar-refractivity contribution < 1.29 is 0 Å². The highest BCUT2D eigenvalue weighted by Gasteiger charge is 2.22. The van der Waals surface area contributed by atoms with Gasteiger partial charge in [0.05, 0.1) is 11.7 Å². The van der Waals surface area contributed by atoms with Crippen molar-refractivity contribution in [2.75, 3.05) is 20.1 Å². The summed E-state index contributed by atoms with van der Waals surface area (Å²) < 4.78 is 3.33. The molecule has 17 heavy (non-hydrogen) atoms. The smallest absolute Gasteiger partial charge is 0.117 e. The zero-order valence-corrected chi connectivity index (χ0v) is 11.5. The standard InChI is InChI=1S/C13H16BrN3/c1-16-5-2-3-10(9-16)13-15-8-12-7-11(14)4-6-17(12)13/h4,6-8,10H,2-3,5,9H2,1H3. The molecule has 3 rings (SSSR count). The molecule has 0 radical (unpaired) electrons. The third-order valence-corrected chi connectivity index (χ3v) is 4.01. The van der Waals surface area contributed by atoms with E-state index in [2.05, 4.69) is 55.6 Å². The fourth-order valence-electron chi connectivity index (χ4n) is 2.67. The molecule has 4 heteroatoms. The Morgan fingerprint density at radius 2 is 2.35 bits per heavy atom. The topological polar surface area (TPSA) is 20.5 Å². The Hall–Kier alpha value is -0.870. The average Bonchev–Trinajstić information content (AvgIpc) is 2.71. The van der Waals surface area contributed by atoms with Gasteiger partial charge in [0.1, 0.15) is 5.82 Å². The summed E-state index contributed by atoms with van der Waals surface area (Å²) in [5, 5.41) is 0. The molecule has 1 fully saturated rings. The van der Waals surface area contributed by atoms with E-state index >= 15 is 0 Å². The maximum atomic E-state index is 4.61. The molecule has 0 saturated carbocycles. The third kappa shape index (κ3) is 2.11. The predicted octanol–water partition coefficient (Wildman–Crippen LogP) is 2.91. The van der Waals surface area contributed by atoms with Gasteiger partial charge in [0.2, 0.25) is 0 Å². The second-order valence-electron chi connectivity index (χ2n) is 4.86. The number of nitrogens with zero attached hydrogens (tertiary/aromatic N) is 3. The van der Waals surface area contributed by atoms with Gasteiger partial charge in [-0.2, -0.15) is 0 Å². The van der Waals surface area contributed by atoms with E-state index in [-0.39, 0.29) is 0 Å². The zero-order valence-electron chi connectivity index (χ0n) is 9.93. The highest BCUT2D eigenvalue weighted by molar-refractivity contribution is 9.10. The predicted molar refractivity (Wildman–Crippen MR) is 72.4 cm³/mol. The van der Waals surface area contributed by atoms with E-state index in [1.807, 2.05) is 6.20 Å². The molecular weight excluding hydrogens is 278 g/mol. The number of fused-ring (bicyclic) bond motifs is 1. The van der Waals surface area contributed by atoms with E-state index in [0.717, 1.165) is 11.0 Å². The van der Waals surface area contributed by atoms with Crippen LogP contribution in [0.5, 0.6) is 0 Å². The van der Waals surface area contributed by atoms with Crippen LogP contribution < -0.4 is 0 Å². The van der Waals surface area contributed by atoms with Crippen LogP contribution in [0.15, 0.2) is 29.0 Å². The Morgan fingerprint density at radius 3 is 3.18 bits per heavy atom. The Labute approximate surface area is 110 Å². The first kappa shape index (κ1) is 11.2. The summed E-state index contributed by atoms with van der Waals surface area (Å²) in [5.74, 6) is 1.77. The lowest BCUT2D eigenvalue weighted by atomic mass is 9.98. The van der Waals surface area contributed by atoms with Gasteiger partial charge < -0.3 is 9.30 Å². The molecular formula is C13H16BrN3. The van der Waals surface area contributed by atoms with Crippen LogP contribution in [0.3, 0.4) is 0 Å². The molecule has 0 amide bonds. The summed E-state index contributed by atoms with van der Waals surface area (Å²) in [7, 11) is 2.19. The van der Waals surface area contributed by atoms with Crippen LogP contribution in [0, 0.1) is 0 Å².